The van der Waals surface area contributed by atoms with Crippen molar-refractivity contribution in [1.29, 1.82) is 0 Å². The van der Waals surface area contributed by atoms with E-state index < -0.39 is 5.91 Å². The summed E-state index contributed by atoms with van der Waals surface area (Å²) in [5.41, 5.74) is 11.9. The van der Waals surface area contributed by atoms with Crippen LogP contribution in [0.15, 0.2) is 18.2 Å². The summed E-state index contributed by atoms with van der Waals surface area (Å²) in [7, 11) is 0. The summed E-state index contributed by atoms with van der Waals surface area (Å²) in [5, 5.41) is 3.20. The summed E-state index contributed by atoms with van der Waals surface area (Å²) >= 11 is 5.80. The van der Waals surface area contributed by atoms with Crippen LogP contribution in [0, 0.1) is 0 Å². The molecule has 1 aromatic carbocycles. The average molecular weight is 313 g/mol. The Morgan fingerprint density at radius 1 is 1.33 bits per heavy atom. The van der Waals surface area contributed by atoms with E-state index in [1.807, 2.05) is 6.92 Å². The number of carbonyl (C=O) groups is 2. The number of anilines is 2. The Hall–Kier alpha value is -1.79. The Morgan fingerprint density at radius 3 is 2.62 bits per heavy atom. The fourth-order valence-corrected chi connectivity index (χ4v) is 2.04. The van der Waals surface area contributed by atoms with Crippen molar-refractivity contribution in [3.8, 4) is 0 Å². The molecule has 5 N–H and O–H groups in total. The van der Waals surface area contributed by atoms with Gasteiger partial charge in [-0.1, -0.05) is 24.9 Å². The lowest BCUT2D eigenvalue weighted by Crippen LogP contribution is -2.39. The van der Waals surface area contributed by atoms with Crippen LogP contribution in [0.3, 0.4) is 0 Å². The van der Waals surface area contributed by atoms with Gasteiger partial charge in [0.05, 0.1) is 24.5 Å². The number of nitrogen functional groups attached to an aromatic ring is 1. The first-order valence-corrected chi connectivity index (χ1v) is 7.15. The monoisotopic (exact) mass is 312 g/mol. The van der Waals surface area contributed by atoms with Crippen molar-refractivity contribution in [1.82, 2.24) is 4.90 Å². The smallest absolute Gasteiger partial charge is 0.238 e. The predicted octanol–water partition coefficient (Wildman–Crippen LogP) is 1.45. The Morgan fingerprint density at radius 2 is 2.05 bits per heavy atom. The molecule has 0 atom stereocenters. The molecule has 21 heavy (non-hydrogen) atoms. The van der Waals surface area contributed by atoms with Gasteiger partial charge in [0.1, 0.15) is 0 Å². The zero-order valence-corrected chi connectivity index (χ0v) is 12.8. The molecule has 0 saturated heterocycles. The van der Waals surface area contributed by atoms with Gasteiger partial charge in [0, 0.05) is 5.02 Å². The highest BCUT2D eigenvalue weighted by atomic mass is 35.5. The number of carbonyl (C=O) groups excluding carboxylic acids is 2. The lowest BCUT2D eigenvalue weighted by Gasteiger charge is -2.20. The maximum atomic E-state index is 12.0. The van der Waals surface area contributed by atoms with Gasteiger partial charge in [-0.15, -0.1) is 0 Å². The van der Waals surface area contributed by atoms with Crippen molar-refractivity contribution < 1.29 is 9.59 Å². The van der Waals surface area contributed by atoms with Gasteiger partial charge in [0.15, 0.2) is 0 Å². The van der Waals surface area contributed by atoms with Crippen molar-refractivity contribution in [3.05, 3.63) is 23.2 Å². The molecule has 0 aliphatic rings. The largest absolute Gasteiger partial charge is 0.397 e. The van der Waals surface area contributed by atoms with Gasteiger partial charge >= 0.3 is 0 Å². The number of unbranched alkanes of at least 4 members (excludes halogenated alkanes) is 1. The fourth-order valence-electron chi connectivity index (χ4n) is 1.86. The van der Waals surface area contributed by atoms with E-state index in [9.17, 15) is 9.59 Å². The Kier molecular flexibility index (Phi) is 6.98. The maximum absolute atomic E-state index is 12.0. The maximum Gasteiger partial charge on any atom is 0.238 e. The lowest BCUT2D eigenvalue weighted by atomic mass is 10.2. The number of nitrogens with two attached hydrogens (primary N) is 2. The van der Waals surface area contributed by atoms with E-state index in [-0.39, 0.29) is 19.0 Å². The van der Waals surface area contributed by atoms with Gasteiger partial charge in [-0.25, -0.2) is 0 Å². The number of hydrogen-bond acceptors (Lipinski definition) is 4. The van der Waals surface area contributed by atoms with Crippen molar-refractivity contribution in [2.45, 2.75) is 19.8 Å². The van der Waals surface area contributed by atoms with Crippen LogP contribution >= 0.6 is 11.6 Å². The highest BCUT2D eigenvalue weighted by Gasteiger charge is 2.13. The molecule has 116 valence electrons. The van der Waals surface area contributed by atoms with E-state index in [1.165, 1.54) is 0 Å². The lowest BCUT2D eigenvalue weighted by molar-refractivity contribution is -0.121. The number of nitrogens with one attached hydrogen (secondary N) is 1. The zero-order valence-electron chi connectivity index (χ0n) is 12.1. The summed E-state index contributed by atoms with van der Waals surface area (Å²) in [5.74, 6) is -0.703. The molecule has 1 aromatic rings. The molecule has 6 nitrogen and oxygen atoms in total. The molecule has 0 radical (unpaired) electrons. The van der Waals surface area contributed by atoms with Crippen LogP contribution in [0.2, 0.25) is 5.02 Å². The van der Waals surface area contributed by atoms with E-state index >= 15 is 0 Å². The third kappa shape index (κ3) is 6.46. The van der Waals surface area contributed by atoms with Crippen LogP contribution in [-0.2, 0) is 9.59 Å². The quantitative estimate of drug-likeness (QED) is 0.632. The minimum Gasteiger partial charge on any atom is -0.397 e. The molecule has 0 unspecified atom stereocenters. The SMILES string of the molecule is CCCCN(CC(N)=O)CC(=O)Nc1ccc(Cl)cc1N. The summed E-state index contributed by atoms with van der Waals surface area (Å²) < 4.78 is 0. The fraction of sp³-hybridized carbons (Fsp3) is 0.429. The molecule has 0 heterocycles. The third-order valence-electron chi connectivity index (χ3n) is 2.86. The molecular weight excluding hydrogens is 292 g/mol. The molecule has 0 aromatic heterocycles. The molecule has 0 spiro atoms. The second-order valence-electron chi connectivity index (χ2n) is 4.81. The second kappa shape index (κ2) is 8.49. The first kappa shape index (κ1) is 17.3. The normalized spacial score (nSPS) is 10.6. The topological polar surface area (TPSA) is 101 Å². The minimum atomic E-state index is -0.454. The second-order valence-corrected chi connectivity index (χ2v) is 5.25. The standard InChI is InChI=1S/C14H21ClN4O2/c1-2-3-6-19(8-13(17)20)9-14(21)18-12-5-4-10(15)7-11(12)16/h4-5,7H,2-3,6,8-9,16H2,1H3,(H2,17,20)(H,18,21). The minimum absolute atomic E-state index is 0.0590. The molecule has 0 saturated carbocycles. The van der Waals surface area contributed by atoms with Crippen molar-refractivity contribution in [2.75, 3.05) is 30.7 Å². The number of amides is 2. The summed E-state index contributed by atoms with van der Waals surface area (Å²) in [6, 6.07) is 4.85. The molecule has 2 amide bonds. The van der Waals surface area contributed by atoms with Crippen LogP contribution in [-0.4, -0.2) is 36.3 Å². The van der Waals surface area contributed by atoms with Crippen LogP contribution in [0.5, 0.6) is 0 Å². The number of primary amides is 1. The van der Waals surface area contributed by atoms with Gasteiger partial charge in [-0.3, -0.25) is 14.5 Å². The highest BCUT2D eigenvalue weighted by molar-refractivity contribution is 6.31. The van der Waals surface area contributed by atoms with Gasteiger partial charge in [-0.05, 0) is 31.2 Å². The Bertz CT molecular complexity index is 508. The first-order valence-electron chi connectivity index (χ1n) is 6.78. The van der Waals surface area contributed by atoms with Gasteiger partial charge in [-0.2, -0.15) is 0 Å². The molecule has 0 aliphatic heterocycles. The van der Waals surface area contributed by atoms with E-state index in [1.54, 1.807) is 23.1 Å². The number of rotatable bonds is 8. The van der Waals surface area contributed by atoms with E-state index in [0.717, 1.165) is 12.8 Å². The number of benzene rings is 1. The van der Waals surface area contributed by atoms with Crippen molar-refractivity contribution in [3.63, 3.8) is 0 Å². The van der Waals surface area contributed by atoms with Crippen LogP contribution in [0.1, 0.15) is 19.8 Å². The molecular formula is C14H21ClN4O2. The van der Waals surface area contributed by atoms with Crippen molar-refractivity contribution >= 4 is 34.8 Å². The third-order valence-corrected chi connectivity index (χ3v) is 3.10. The van der Waals surface area contributed by atoms with Gasteiger partial charge < -0.3 is 16.8 Å². The van der Waals surface area contributed by atoms with Gasteiger partial charge in [0.25, 0.3) is 0 Å². The zero-order chi connectivity index (χ0) is 15.8. The number of nitrogens with zero attached hydrogens (tertiary/aromatic N) is 1. The first-order chi connectivity index (χ1) is 9.92. The van der Waals surface area contributed by atoms with Crippen LogP contribution in [0.25, 0.3) is 0 Å². The summed E-state index contributed by atoms with van der Waals surface area (Å²) in [6.45, 7) is 2.83. The molecule has 0 bridgehead atoms. The Balaban J connectivity index is 2.61. The van der Waals surface area contributed by atoms with Crippen molar-refractivity contribution in [2.24, 2.45) is 5.73 Å². The molecule has 1 rings (SSSR count). The molecule has 0 aliphatic carbocycles. The number of hydrogen-bond donors (Lipinski definition) is 3. The highest BCUT2D eigenvalue weighted by Crippen LogP contribution is 2.22. The average Bonchev–Trinajstić information content (AvgIpc) is 2.38. The molecule has 7 heteroatoms. The van der Waals surface area contributed by atoms with E-state index in [0.29, 0.717) is 22.9 Å². The van der Waals surface area contributed by atoms with Crippen LogP contribution < -0.4 is 16.8 Å². The van der Waals surface area contributed by atoms with Gasteiger partial charge in [0.2, 0.25) is 11.8 Å². The van der Waals surface area contributed by atoms with E-state index in [4.69, 9.17) is 23.1 Å². The van der Waals surface area contributed by atoms with Crippen LogP contribution in [0.4, 0.5) is 11.4 Å². The number of halogens is 1. The molecule has 0 fully saturated rings. The Labute approximate surface area is 129 Å². The predicted molar refractivity (Wildman–Crippen MR) is 85.0 cm³/mol. The van der Waals surface area contributed by atoms with E-state index in [2.05, 4.69) is 5.32 Å². The summed E-state index contributed by atoms with van der Waals surface area (Å²) in [4.78, 5) is 24.7. The summed E-state index contributed by atoms with van der Waals surface area (Å²) in [6.07, 6.45) is 1.87.